The van der Waals surface area contributed by atoms with E-state index in [1.54, 1.807) is 6.33 Å². The fraction of sp³-hybridized carbons (Fsp3) is 0.586. The molecule has 2 unspecified atom stereocenters. The molecule has 35 heavy (non-hydrogen) atoms. The molecule has 5 rings (SSSR count). The minimum absolute atomic E-state index is 0.524. The number of hydrogen-bond acceptors (Lipinski definition) is 5. The first-order chi connectivity index (χ1) is 17.3. The van der Waals surface area contributed by atoms with Gasteiger partial charge in [-0.15, -0.1) is 0 Å². The SMILES string of the molecule is Nc1ncnc2c1c(C1CCCCC1)cn2C1CCC(CNCCCNCCc2ccccc2)C1. The third-order valence-corrected chi connectivity index (χ3v) is 8.19. The highest BCUT2D eigenvalue weighted by molar-refractivity contribution is 5.90. The smallest absolute Gasteiger partial charge is 0.146 e. The number of benzene rings is 1. The molecule has 0 saturated heterocycles. The Bertz CT molecular complexity index is 1060. The van der Waals surface area contributed by atoms with Gasteiger partial charge < -0.3 is 20.9 Å². The minimum Gasteiger partial charge on any atom is -0.383 e. The van der Waals surface area contributed by atoms with Crippen LogP contribution in [0.25, 0.3) is 11.0 Å². The van der Waals surface area contributed by atoms with E-state index in [0.717, 1.165) is 49.6 Å². The first-order valence-corrected chi connectivity index (χ1v) is 13.9. The van der Waals surface area contributed by atoms with Crippen molar-refractivity contribution < 1.29 is 0 Å². The topological polar surface area (TPSA) is 80.8 Å². The quantitative estimate of drug-likeness (QED) is 0.332. The summed E-state index contributed by atoms with van der Waals surface area (Å²) in [4.78, 5) is 9.05. The molecule has 6 nitrogen and oxygen atoms in total. The highest BCUT2D eigenvalue weighted by atomic mass is 15.1. The Hall–Kier alpha value is -2.44. The third-order valence-electron chi connectivity index (χ3n) is 8.19. The second-order valence-corrected chi connectivity index (χ2v) is 10.7. The largest absolute Gasteiger partial charge is 0.383 e. The van der Waals surface area contributed by atoms with Crippen LogP contribution < -0.4 is 16.4 Å². The Morgan fingerprint density at radius 2 is 1.74 bits per heavy atom. The molecule has 2 aliphatic rings. The van der Waals surface area contributed by atoms with E-state index in [1.807, 2.05) is 0 Å². The van der Waals surface area contributed by atoms with E-state index in [1.165, 1.54) is 68.9 Å². The predicted octanol–water partition coefficient (Wildman–Crippen LogP) is 5.21. The lowest BCUT2D eigenvalue weighted by Gasteiger charge is -2.21. The van der Waals surface area contributed by atoms with Crippen LogP contribution in [-0.4, -0.2) is 40.7 Å². The van der Waals surface area contributed by atoms with Crippen LogP contribution in [0, 0.1) is 5.92 Å². The second kappa shape index (κ2) is 12.0. The lowest BCUT2D eigenvalue weighted by molar-refractivity contribution is 0.438. The molecule has 3 aromatic rings. The average Bonchev–Trinajstić information content (AvgIpc) is 3.52. The Morgan fingerprint density at radius 3 is 2.60 bits per heavy atom. The van der Waals surface area contributed by atoms with Crippen molar-refractivity contribution in [1.82, 2.24) is 25.2 Å². The fourth-order valence-corrected chi connectivity index (χ4v) is 6.27. The van der Waals surface area contributed by atoms with Crippen LogP contribution in [0.5, 0.6) is 0 Å². The third kappa shape index (κ3) is 6.04. The molecule has 0 aliphatic heterocycles. The van der Waals surface area contributed by atoms with E-state index in [0.29, 0.717) is 17.8 Å². The first-order valence-electron chi connectivity index (χ1n) is 13.9. The number of nitrogens with one attached hydrogen (secondary N) is 2. The summed E-state index contributed by atoms with van der Waals surface area (Å²) in [7, 11) is 0. The number of nitrogens with two attached hydrogens (primary N) is 1. The molecule has 6 heteroatoms. The molecule has 2 aromatic heterocycles. The zero-order valence-electron chi connectivity index (χ0n) is 21.1. The van der Waals surface area contributed by atoms with Crippen LogP contribution in [0.4, 0.5) is 5.82 Å². The van der Waals surface area contributed by atoms with Crippen molar-refractivity contribution in [3.63, 3.8) is 0 Å². The van der Waals surface area contributed by atoms with E-state index >= 15 is 0 Å². The Kier molecular flexibility index (Phi) is 8.32. The van der Waals surface area contributed by atoms with E-state index < -0.39 is 0 Å². The van der Waals surface area contributed by atoms with E-state index in [2.05, 4.69) is 56.7 Å². The van der Waals surface area contributed by atoms with Gasteiger partial charge in [0.1, 0.15) is 17.8 Å². The number of fused-ring (bicyclic) bond motifs is 1. The summed E-state index contributed by atoms with van der Waals surface area (Å²) in [6.45, 7) is 4.33. The van der Waals surface area contributed by atoms with Crippen LogP contribution in [0.2, 0.25) is 0 Å². The second-order valence-electron chi connectivity index (χ2n) is 10.7. The Morgan fingerprint density at radius 1 is 0.914 bits per heavy atom. The van der Waals surface area contributed by atoms with Gasteiger partial charge in [-0.1, -0.05) is 49.6 Å². The van der Waals surface area contributed by atoms with E-state index in [4.69, 9.17) is 10.7 Å². The van der Waals surface area contributed by atoms with Gasteiger partial charge in [-0.05, 0) is 94.1 Å². The molecular weight excluding hydrogens is 432 g/mol. The monoisotopic (exact) mass is 474 g/mol. The van der Waals surface area contributed by atoms with Crippen molar-refractivity contribution in [3.05, 3.63) is 54.0 Å². The minimum atomic E-state index is 0.524. The normalized spacial score (nSPS) is 21.1. The molecule has 2 heterocycles. The zero-order chi connectivity index (χ0) is 23.9. The molecule has 1 aromatic carbocycles. The van der Waals surface area contributed by atoms with Crippen LogP contribution >= 0.6 is 0 Å². The van der Waals surface area contributed by atoms with Gasteiger partial charge in [0.15, 0.2) is 0 Å². The zero-order valence-corrected chi connectivity index (χ0v) is 21.1. The highest BCUT2D eigenvalue weighted by Crippen LogP contribution is 2.42. The molecule has 2 aliphatic carbocycles. The maximum atomic E-state index is 6.38. The van der Waals surface area contributed by atoms with Gasteiger partial charge in [0, 0.05) is 12.2 Å². The van der Waals surface area contributed by atoms with E-state index in [9.17, 15) is 0 Å². The van der Waals surface area contributed by atoms with Gasteiger partial charge in [-0.25, -0.2) is 9.97 Å². The summed E-state index contributed by atoms with van der Waals surface area (Å²) in [5, 5.41) is 8.42. The maximum absolute atomic E-state index is 6.38. The van der Waals surface area contributed by atoms with Crippen molar-refractivity contribution in [2.45, 2.75) is 76.2 Å². The molecule has 0 amide bonds. The summed E-state index contributed by atoms with van der Waals surface area (Å²) in [6, 6.07) is 11.2. The summed E-state index contributed by atoms with van der Waals surface area (Å²) in [5.74, 6) is 2.00. The number of hydrogen-bond donors (Lipinski definition) is 3. The lowest BCUT2D eigenvalue weighted by atomic mass is 9.84. The Labute approximate surface area is 210 Å². The average molecular weight is 475 g/mol. The summed E-state index contributed by atoms with van der Waals surface area (Å²) in [6.07, 6.45) is 16.6. The van der Waals surface area contributed by atoms with Crippen LogP contribution in [0.1, 0.15) is 80.9 Å². The first kappa shape index (κ1) is 24.3. The number of nitrogens with zero attached hydrogens (tertiary/aromatic N) is 3. The molecule has 2 atom stereocenters. The lowest BCUT2D eigenvalue weighted by Crippen LogP contribution is -2.26. The van der Waals surface area contributed by atoms with E-state index in [-0.39, 0.29) is 0 Å². The summed E-state index contributed by atoms with van der Waals surface area (Å²) >= 11 is 0. The number of nitrogen functional groups attached to an aromatic ring is 1. The number of aromatic nitrogens is 3. The molecule has 4 N–H and O–H groups in total. The molecule has 0 radical (unpaired) electrons. The standard InChI is InChI=1S/C29H42N6/c30-28-27-26(24-10-5-2-6-11-24)20-35(29(27)34-21-33-28)25-13-12-23(18-25)19-32-16-7-15-31-17-14-22-8-3-1-4-9-22/h1,3-4,8-9,20-21,23-25,31-32H,2,5-7,10-19H2,(H2,30,33,34). The van der Waals surface area contributed by atoms with Gasteiger partial charge in [-0.3, -0.25) is 0 Å². The van der Waals surface area contributed by atoms with Crippen LogP contribution in [0.3, 0.4) is 0 Å². The molecular formula is C29H42N6. The number of rotatable bonds is 11. The van der Waals surface area contributed by atoms with Crippen LogP contribution in [0.15, 0.2) is 42.9 Å². The number of anilines is 1. The van der Waals surface area contributed by atoms with Crippen molar-refractivity contribution in [1.29, 1.82) is 0 Å². The van der Waals surface area contributed by atoms with Crippen molar-refractivity contribution in [3.8, 4) is 0 Å². The Balaban J connectivity index is 1.08. The molecule has 0 bridgehead atoms. The highest BCUT2D eigenvalue weighted by Gasteiger charge is 2.30. The van der Waals surface area contributed by atoms with Crippen molar-refractivity contribution >= 4 is 16.9 Å². The molecule has 2 saturated carbocycles. The van der Waals surface area contributed by atoms with Gasteiger partial charge in [-0.2, -0.15) is 0 Å². The summed E-state index contributed by atoms with van der Waals surface area (Å²) < 4.78 is 2.45. The molecule has 2 fully saturated rings. The van der Waals surface area contributed by atoms with Gasteiger partial charge in [0.2, 0.25) is 0 Å². The predicted molar refractivity (Wildman–Crippen MR) is 145 cm³/mol. The van der Waals surface area contributed by atoms with Crippen molar-refractivity contribution in [2.75, 3.05) is 31.9 Å². The molecule has 188 valence electrons. The van der Waals surface area contributed by atoms with Gasteiger partial charge in [0.05, 0.1) is 5.39 Å². The van der Waals surface area contributed by atoms with Crippen LogP contribution in [-0.2, 0) is 6.42 Å². The van der Waals surface area contributed by atoms with Gasteiger partial charge >= 0.3 is 0 Å². The molecule has 0 spiro atoms. The summed E-state index contributed by atoms with van der Waals surface area (Å²) in [5.41, 5.74) is 10.2. The fourth-order valence-electron chi connectivity index (χ4n) is 6.27. The maximum Gasteiger partial charge on any atom is 0.146 e. The van der Waals surface area contributed by atoms with Gasteiger partial charge in [0.25, 0.3) is 0 Å². The van der Waals surface area contributed by atoms with Crippen molar-refractivity contribution in [2.24, 2.45) is 5.92 Å².